The number of carbonyl (C=O) groups excluding carboxylic acids is 1. The van der Waals surface area contributed by atoms with Gasteiger partial charge in [0.05, 0.1) is 25.9 Å². The zero-order valence-corrected chi connectivity index (χ0v) is 9.70. The molecule has 90 valence electrons. The molecule has 2 heterocycles. The summed E-state index contributed by atoms with van der Waals surface area (Å²) in [5, 5.41) is 3.57. The first-order chi connectivity index (χ1) is 7.74. The highest BCUT2D eigenvalue weighted by atomic mass is 16.5. The van der Waals surface area contributed by atoms with E-state index in [1.165, 1.54) is 7.11 Å². The predicted molar refractivity (Wildman–Crippen MR) is 60.1 cm³/mol. The highest BCUT2D eigenvalue weighted by Crippen LogP contribution is 2.29. The van der Waals surface area contributed by atoms with Gasteiger partial charge in [-0.3, -0.25) is 4.79 Å². The van der Waals surface area contributed by atoms with E-state index in [0.717, 1.165) is 32.5 Å². The van der Waals surface area contributed by atoms with Gasteiger partial charge in [-0.2, -0.15) is 0 Å². The number of carbonyl (C=O) groups is 1. The second kappa shape index (κ2) is 4.97. The normalized spacial score (nSPS) is 33.2. The molecule has 1 saturated heterocycles. The molecular weight excluding hydrogens is 206 g/mol. The predicted octanol–water partition coefficient (Wildman–Crippen LogP) is 1.02. The summed E-state index contributed by atoms with van der Waals surface area (Å²) in [7, 11) is 1.43. The van der Waals surface area contributed by atoms with Gasteiger partial charge in [0.25, 0.3) is 0 Å². The molecule has 1 spiro atoms. The van der Waals surface area contributed by atoms with Crippen molar-refractivity contribution in [1.29, 1.82) is 0 Å². The fourth-order valence-electron chi connectivity index (χ4n) is 2.47. The topological polar surface area (TPSA) is 47.6 Å². The van der Waals surface area contributed by atoms with E-state index in [9.17, 15) is 4.79 Å². The van der Waals surface area contributed by atoms with Gasteiger partial charge in [-0.15, -0.1) is 0 Å². The molecule has 16 heavy (non-hydrogen) atoms. The number of ether oxygens (including phenoxy) is 2. The Bertz CT molecular complexity index is 290. The molecule has 4 heteroatoms. The van der Waals surface area contributed by atoms with Crippen molar-refractivity contribution >= 4 is 5.97 Å². The average molecular weight is 225 g/mol. The fraction of sp³-hybridized carbons (Fsp3) is 0.750. The van der Waals surface area contributed by atoms with E-state index in [2.05, 4.69) is 22.2 Å². The molecule has 0 amide bonds. The van der Waals surface area contributed by atoms with Gasteiger partial charge >= 0.3 is 5.97 Å². The summed E-state index contributed by atoms with van der Waals surface area (Å²) in [6.07, 6.45) is 7.82. The monoisotopic (exact) mass is 225 g/mol. The van der Waals surface area contributed by atoms with E-state index >= 15 is 0 Å². The first-order valence-corrected chi connectivity index (χ1v) is 5.84. The summed E-state index contributed by atoms with van der Waals surface area (Å²) >= 11 is 0. The molecule has 2 aliphatic heterocycles. The van der Waals surface area contributed by atoms with E-state index in [-0.39, 0.29) is 11.5 Å². The van der Waals surface area contributed by atoms with Crippen LogP contribution in [0, 0.1) is 0 Å². The lowest BCUT2D eigenvalue weighted by atomic mass is 9.97. The molecule has 1 fully saturated rings. The van der Waals surface area contributed by atoms with Crippen LogP contribution in [0.5, 0.6) is 0 Å². The lowest BCUT2D eigenvalue weighted by Crippen LogP contribution is -2.47. The molecular formula is C12H19NO3. The average Bonchev–Trinajstić information content (AvgIpc) is 2.70. The molecule has 0 saturated carbocycles. The zero-order valence-electron chi connectivity index (χ0n) is 9.70. The third-order valence-corrected chi connectivity index (χ3v) is 3.37. The molecule has 0 aromatic rings. The smallest absolute Gasteiger partial charge is 0.305 e. The minimum absolute atomic E-state index is 0.0268. The zero-order chi connectivity index (χ0) is 11.4. The van der Waals surface area contributed by atoms with Gasteiger partial charge < -0.3 is 14.8 Å². The van der Waals surface area contributed by atoms with Gasteiger partial charge in [0, 0.05) is 12.5 Å². The van der Waals surface area contributed by atoms with Crippen LogP contribution in [-0.4, -0.2) is 37.9 Å². The Balaban J connectivity index is 1.81. The largest absolute Gasteiger partial charge is 0.469 e. The highest BCUT2D eigenvalue weighted by Gasteiger charge is 2.37. The molecule has 0 aliphatic carbocycles. The third-order valence-electron chi connectivity index (χ3n) is 3.37. The summed E-state index contributed by atoms with van der Waals surface area (Å²) in [5.41, 5.74) is 0.0268. The molecule has 0 aromatic heterocycles. The Labute approximate surface area is 96.0 Å². The minimum Gasteiger partial charge on any atom is -0.469 e. The van der Waals surface area contributed by atoms with Crippen LogP contribution in [-0.2, 0) is 14.3 Å². The van der Waals surface area contributed by atoms with E-state index in [0.29, 0.717) is 12.5 Å². The second-order valence-corrected chi connectivity index (χ2v) is 4.57. The molecule has 0 radical (unpaired) electrons. The van der Waals surface area contributed by atoms with Crippen LogP contribution in [0.25, 0.3) is 0 Å². The van der Waals surface area contributed by atoms with E-state index in [4.69, 9.17) is 4.74 Å². The van der Waals surface area contributed by atoms with Crippen LogP contribution in [0.4, 0.5) is 0 Å². The van der Waals surface area contributed by atoms with Crippen LogP contribution in [0.15, 0.2) is 12.2 Å². The SMILES string of the molecule is COC(=O)CC[C@H]1CC[C@@]2(C=CCOC2)N1. The molecule has 4 nitrogen and oxygen atoms in total. The Morgan fingerprint density at radius 2 is 2.56 bits per heavy atom. The van der Waals surface area contributed by atoms with Gasteiger partial charge in [-0.1, -0.05) is 12.2 Å². The van der Waals surface area contributed by atoms with Gasteiger partial charge in [0.2, 0.25) is 0 Å². The van der Waals surface area contributed by atoms with Gasteiger partial charge in [-0.05, 0) is 19.3 Å². The van der Waals surface area contributed by atoms with Crippen molar-refractivity contribution in [2.24, 2.45) is 0 Å². The van der Waals surface area contributed by atoms with Crippen LogP contribution < -0.4 is 5.32 Å². The number of hydrogen-bond acceptors (Lipinski definition) is 4. The van der Waals surface area contributed by atoms with Crippen LogP contribution in [0.3, 0.4) is 0 Å². The van der Waals surface area contributed by atoms with Gasteiger partial charge in [-0.25, -0.2) is 0 Å². The van der Waals surface area contributed by atoms with E-state index in [1.54, 1.807) is 0 Å². The number of nitrogens with one attached hydrogen (secondary N) is 1. The molecule has 2 aliphatic rings. The molecule has 0 aromatic carbocycles. The minimum atomic E-state index is -0.127. The Kier molecular flexibility index (Phi) is 3.61. The van der Waals surface area contributed by atoms with Crippen LogP contribution >= 0.6 is 0 Å². The fourth-order valence-corrected chi connectivity index (χ4v) is 2.47. The van der Waals surface area contributed by atoms with Crippen LogP contribution in [0.1, 0.15) is 25.7 Å². The maximum atomic E-state index is 11.0. The van der Waals surface area contributed by atoms with Crippen molar-refractivity contribution in [3.05, 3.63) is 12.2 Å². The van der Waals surface area contributed by atoms with Gasteiger partial charge in [0.15, 0.2) is 0 Å². The van der Waals surface area contributed by atoms with Crippen molar-refractivity contribution in [3.63, 3.8) is 0 Å². The van der Waals surface area contributed by atoms with Crippen molar-refractivity contribution in [1.82, 2.24) is 5.32 Å². The summed E-state index contributed by atoms with van der Waals surface area (Å²) in [6, 6.07) is 0.408. The molecule has 2 atom stereocenters. The van der Waals surface area contributed by atoms with E-state index in [1.807, 2.05) is 0 Å². The second-order valence-electron chi connectivity index (χ2n) is 4.57. The molecule has 0 unspecified atom stereocenters. The summed E-state index contributed by atoms with van der Waals surface area (Å²) < 4.78 is 10.1. The Hall–Kier alpha value is -0.870. The quantitative estimate of drug-likeness (QED) is 0.575. The van der Waals surface area contributed by atoms with Crippen LogP contribution in [0.2, 0.25) is 0 Å². The van der Waals surface area contributed by atoms with E-state index < -0.39 is 0 Å². The lowest BCUT2D eigenvalue weighted by Gasteiger charge is -2.29. The number of rotatable bonds is 3. The Morgan fingerprint density at radius 1 is 1.69 bits per heavy atom. The van der Waals surface area contributed by atoms with Crippen molar-refractivity contribution in [2.45, 2.75) is 37.3 Å². The van der Waals surface area contributed by atoms with Gasteiger partial charge in [0.1, 0.15) is 0 Å². The number of methoxy groups -OCH3 is 1. The maximum Gasteiger partial charge on any atom is 0.305 e. The maximum absolute atomic E-state index is 11.0. The number of hydrogen-bond donors (Lipinski definition) is 1. The summed E-state index contributed by atoms with van der Waals surface area (Å²) in [4.78, 5) is 11.0. The highest BCUT2D eigenvalue weighted by molar-refractivity contribution is 5.69. The third kappa shape index (κ3) is 2.62. The molecule has 2 rings (SSSR count). The first-order valence-electron chi connectivity index (χ1n) is 5.84. The summed E-state index contributed by atoms with van der Waals surface area (Å²) in [5.74, 6) is -0.127. The van der Waals surface area contributed by atoms with Crippen molar-refractivity contribution in [2.75, 3.05) is 20.3 Å². The standard InChI is InChI=1S/C12H19NO3/c1-15-11(14)4-3-10-5-7-12(13-10)6-2-8-16-9-12/h2,6,10,13H,3-5,7-9H2,1H3/t10-,12+/m0/s1. The van der Waals surface area contributed by atoms with Crippen molar-refractivity contribution < 1.29 is 14.3 Å². The van der Waals surface area contributed by atoms with Crippen molar-refractivity contribution in [3.8, 4) is 0 Å². The summed E-state index contributed by atoms with van der Waals surface area (Å²) in [6.45, 7) is 1.47. The first kappa shape index (κ1) is 11.6. The lowest BCUT2D eigenvalue weighted by molar-refractivity contribution is -0.140. The number of esters is 1. The molecule has 1 N–H and O–H groups in total. The molecule has 0 bridgehead atoms. The Morgan fingerprint density at radius 3 is 3.25 bits per heavy atom.